The van der Waals surface area contributed by atoms with E-state index in [9.17, 15) is 13.2 Å². The third-order valence-electron chi connectivity index (χ3n) is 3.53. The smallest absolute Gasteiger partial charge is 0.241 e. The van der Waals surface area contributed by atoms with Crippen LogP contribution in [0.1, 0.15) is 31.2 Å². The number of carbonyl (C=O) groups is 1. The van der Waals surface area contributed by atoms with Crippen LogP contribution in [0.15, 0.2) is 29.2 Å². The Bertz CT molecular complexity index is 578. The van der Waals surface area contributed by atoms with Crippen LogP contribution in [0.4, 0.5) is 0 Å². The van der Waals surface area contributed by atoms with E-state index in [1.165, 1.54) is 6.07 Å². The van der Waals surface area contributed by atoms with Crippen LogP contribution in [-0.2, 0) is 14.8 Å². The van der Waals surface area contributed by atoms with E-state index in [-0.39, 0.29) is 23.4 Å². The van der Waals surface area contributed by atoms with Crippen molar-refractivity contribution in [2.75, 3.05) is 6.54 Å². The molecule has 1 saturated carbocycles. The second kappa shape index (κ2) is 6.37. The summed E-state index contributed by atoms with van der Waals surface area (Å²) in [6, 6.07) is 6.91. The molecule has 20 heavy (non-hydrogen) atoms. The fraction of sp³-hybridized carbons (Fsp3) is 0.500. The van der Waals surface area contributed by atoms with Gasteiger partial charge in [0.1, 0.15) is 0 Å². The highest BCUT2D eigenvalue weighted by atomic mass is 32.2. The minimum absolute atomic E-state index is 0.200. The lowest BCUT2D eigenvalue weighted by atomic mass is 10.2. The van der Waals surface area contributed by atoms with E-state index in [1.54, 1.807) is 25.1 Å². The molecule has 1 aliphatic carbocycles. The van der Waals surface area contributed by atoms with Gasteiger partial charge in [0.15, 0.2) is 0 Å². The van der Waals surface area contributed by atoms with E-state index in [0.29, 0.717) is 5.56 Å². The predicted octanol–water partition coefficient (Wildman–Crippen LogP) is 1.33. The summed E-state index contributed by atoms with van der Waals surface area (Å²) in [7, 11) is -3.63. The molecule has 0 radical (unpaired) electrons. The molecule has 1 fully saturated rings. The number of sulfonamides is 1. The van der Waals surface area contributed by atoms with Gasteiger partial charge in [-0.25, -0.2) is 13.1 Å². The first-order valence-corrected chi connectivity index (χ1v) is 8.32. The SMILES string of the molecule is Cc1ccccc1S(=O)(=O)NCC(=O)NC1CCCC1. The van der Waals surface area contributed by atoms with Gasteiger partial charge in [0.05, 0.1) is 11.4 Å². The molecule has 0 unspecified atom stereocenters. The minimum Gasteiger partial charge on any atom is -0.352 e. The summed E-state index contributed by atoms with van der Waals surface area (Å²) < 4.78 is 26.6. The van der Waals surface area contributed by atoms with Crippen molar-refractivity contribution in [3.05, 3.63) is 29.8 Å². The van der Waals surface area contributed by atoms with Gasteiger partial charge >= 0.3 is 0 Å². The lowest BCUT2D eigenvalue weighted by Crippen LogP contribution is -2.41. The average Bonchev–Trinajstić information content (AvgIpc) is 2.90. The number of aryl methyl sites for hydroxylation is 1. The second-order valence-electron chi connectivity index (χ2n) is 5.14. The second-order valence-corrected chi connectivity index (χ2v) is 6.87. The summed E-state index contributed by atoms with van der Waals surface area (Å²) in [6.07, 6.45) is 4.21. The molecular formula is C14H20N2O3S. The number of rotatable bonds is 5. The van der Waals surface area contributed by atoms with E-state index in [0.717, 1.165) is 25.7 Å². The van der Waals surface area contributed by atoms with Gasteiger partial charge in [-0.15, -0.1) is 0 Å². The van der Waals surface area contributed by atoms with Gasteiger partial charge in [-0.3, -0.25) is 4.79 Å². The highest BCUT2D eigenvalue weighted by Crippen LogP contribution is 2.17. The molecule has 0 saturated heterocycles. The summed E-state index contributed by atoms with van der Waals surface area (Å²) in [5.41, 5.74) is 0.663. The summed E-state index contributed by atoms with van der Waals surface area (Å²) in [5.74, 6) is -0.269. The standard InChI is InChI=1S/C14H20N2O3S/c1-11-6-2-5-9-13(11)20(18,19)15-10-14(17)16-12-7-3-4-8-12/h2,5-6,9,12,15H,3-4,7-8,10H2,1H3,(H,16,17). The number of hydrogen-bond donors (Lipinski definition) is 2. The fourth-order valence-corrected chi connectivity index (χ4v) is 3.67. The van der Waals surface area contributed by atoms with Gasteiger partial charge in [0.25, 0.3) is 0 Å². The van der Waals surface area contributed by atoms with Gasteiger partial charge in [0, 0.05) is 6.04 Å². The van der Waals surface area contributed by atoms with Crippen LogP contribution in [0.3, 0.4) is 0 Å². The Hall–Kier alpha value is -1.40. The van der Waals surface area contributed by atoms with Gasteiger partial charge in [-0.2, -0.15) is 0 Å². The van der Waals surface area contributed by atoms with Crippen molar-refractivity contribution in [1.82, 2.24) is 10.0 Å². The zero-order chi connectivity index (χ0) is 14.6. The fourth-order valence-electron chi connectivity index (χ4n) is 2.45. The minimum atomic E-state index is -3.63. The van der Waals surface area contributed by atoms with Crippen LogP contribution < -0.4 is 10.0 Å². The van der Waals surface area contributed by atoms with Gasteiger partial charge < -0.3 is 5.32 Å². The lowest BCUT2D eigenvalue weighted by Gasteiger charge is -2.13. The highest BCUT2D eigenvalue weighted by Gasteiger charge is 2.20. The van der Waals surface area contributed by atoms with E-state index in [1.807, 2.05) is 0 Å². The van der Waals surface area contributed by atoms with Crippen molar-refractivity contribution in [1.29, 1.82) is 0 Å². The Morgan fingerprint density at radius 1 is 1.25 bits per heavy atom. The van der Waals surface area contributed by atoms with E-state index >= 15 is 0 Å². The third-order valence-corrected chi connectivity index (χ3v) is 5.09. The molecule has 6 heteroatoms. The summed E-state index contributed by atoms with van der Waals surface area (Å²) in [5, 5.41) is 2.85. The molecule has 0 bridgehead atoms. The van der Waals surface area contributed by atoms with Crippen molar-refractivity contribution in [3.8, 4) is 0 Å². The van der Waals surface area contributed by atoms with Crippen molar-refractivity contribution in [3.63, 3.8) is 0 Å². The largest absolute Gasteiger partial charge is 0.352 e. The maximum atomic E-state index is 12.1. The molecule has 1 aromatic carbocycles. The normalized spacial score (nSPS) is 16.2. The Balaban J connectivity index is 1.92. The maximum Gasteiger partial charge on any atom is 0.241 e. The van der Waals surface area contributed by atoms with Gasteiger partial charge in [0.2, 0.25) is 15.9 Å². The first-order chi connectivity index (χ1) is 9.49. The van der Waals surface area contributed by atoms with Crippen molar-refractivity contribution in [2.24, 2.45) is 0 Å². The van der Waals surface area contributed by atoms with Crippen LogP contribution in [0.25, 0.3) is 0 Å². The van der Waals surface area contributed by atoms with Gasteiger partial charge in [-0.05, 0) is 31.4 Å². The average molecular weight is 296 g/mol. The number of nitrogens with one attached hydrogen (secondary N) is 2. The van der Waals surface area contributed by atoms with E-state index in [4.69, 9.17) is 0 Å². The molecule has 5 nitrogen and oxygen atoms in total. The van der Waals surface area contributed by atoms with Crippen molar-refractivity contribution < 1.29 is 13.2 Å². The quantitative estimate of drug-likeness (QED) is 0.861. The molecule has 1 aromatic rings. The van der Waals surface area contributed by atoms with E-state index in [2.05, 4.69) is 10.0 Å². The van der Waals surface area contributed by atoms with E-state index < -0.39 is 10.0 Å². The molecule has 1 amide bonds. The molecule has 0 heterocycles. The molecule has 1 aliphatic rings. The monoisotopic (exact) mass is 296 g/mol. The lowest BCUT2D eigenvalue weighted by molar-refractivity contribution is -0.120. The molecule has 2 N–H and O–H groups in total. The number of benzene rings is 1. The van der Waals surface area contributed by atoms with Crippen LogP contribution in [0.5, 0.6) is 0 Å². The summed E-state index contributed by atoms with van der Waals surface area (Å²) >= 11 is 0. The predicted molar refractivity (Wildman–Crippen MR) is 76.8 cm³/mol. The number of carbonyl (C=O) groups excluding carboxylic acids is 1. The first kappa shape index (κ1) is 15.0. The number of hydrogen-bond acceptors (Lipinski definition) is 3. The highest BCUT2D eigenvalue weighted by molar-refractivity contribution is 7.89. The summed E-state index contributed by atoms with van der Waals surface area (Å²) in [4.78, 5) is 11.9. The van der Waals surface area contributed by atoms with Crippen LogP contribution in [0.2, 0.25) is 0 Å². The third kappa shape index (κ3) is 3.80. The molecule has 0 atom stereocenters. The molecule has 2 rings (SSSR count). The van der Waals surface area contributed by atoms with Crippen molar-refractivity contribution >= 4 is 15.9 Å². The topological polar surface area (TPSA) is 75.3 Å². The zero-order valence-electron chi connectivity index (χ0n) is 11.6. The molecule has 0 spiro atoms. The Labute approximate surface area is 119 Å². The van der Waals surface area contributed by atoms with Crippen LogP contribution in [0, 0.1) is 6.92 Å². The summed E-state index contributed by atoms with van der Waals surface area (Å²) in [6.45, 7) is 1.51. The Kier molecular flexibility index (Phi) is 4.77. The maximum absolute atomic E-state index is 12.1. The Morgan fingerprint density at radius 2 is 1.90 bits per heavy atom. The molecule has 0 aromatic heterocycles. The van der Waals surface area contributed by atoms with Crippen LogP contribution >= 0.6 is 0 Å². The zero-order valence-corrected chi connectivity index (χ0v) is 12.4. The van der Waals surface area contributed by atoms with Crippen molar-refractivity contribution in [2.45, 2.75) is 43.5 Å². The number of amides is 1. The van der Waals surface area contributed by atoms with Crippen LogP contribution in [-0.4, -0.2) is 26.9 Å². The molecular weight excluding hydrogens is 276 g/mol. The molecule has 110 valence electrons. The Morgan fingerprint density at radius 3 is 2.55 bits per heavy atom. The first-order valence-electron chi connectivity index (χ1n) is 6.84. The molecule has 0 aliphatic heterocycles. The van der Waals surface area contributed by atoms with Gasteiger partial charge in [-0.1, -0.05) is 31.0 Å².